The Hall–Kier alpha value is -3.84. The molecule has 4 rings (SSSR count). The van der Waals surface area contributed by atoms with Crippen molar-refractivity contribution in [2.75, 3.05) is 30.5 Å². The molecule has 33 heavy (non-hydrogen) atoms. The van der Waals surface area contributed by atoms with E-state index in [1.165, 1.54) is 0 Å². The second kappa shape index (κ2) is 10.7. The number of hydrogen-bond donors (Lipinski definition) is 2. The van der Waals surface area contributed by atoms with Crippen molar-refractivity contribution in [1.82, 2.24) is 4.90 Å². The van der Waals surface area contributed by atoms with Gasteiger partial charge in [0.1, 0.15) is 0 Å². The highest BCUT2D eigenvalue weighted by Gasteiger charge is 2.18. The Balaban J connectivity index is 1.41. The number of carbonyl (C=O) groups is 2. The van der Waals surface area contributed by atoms with Crippen molar-refractivity contribution in [2.24, 2.45) is 0 Å². The van der Waals surface area contributed by atoms with Crippen molar-refractivity contribution in [3.05, 3.63) is 83.9 Å². The average molecular weight is 446 g/mol. The number of para-hydroxylation sites is 1. The number of hydrogen-bond acceptors (Lipinski definition) is 5. The van der Waals surface area contributed by atoms with Crippen molar-refractivity contribution in [3.63, 3.8) is 0 Å². The van der Waals surface area contributed by atoms with Gasteiger partial charge in [-0.15, -0.1) is 0 Å². The lowest BCUT2D eigenvalue weighted by Gasteiger charge is -2.21. The maximum absolute atomic E-state index is 12.9. The van der Waals surface area contributed by atoms with Crippen LogP contribution < -0.4 is 20.1 Å². The van der Waals surface area contributed by atoms with E-state index < -0.39 is 0 Å². The van der Waals surface area contributed by atoms with E-state index in [2.05, 4.69) is 34.6 Å². The minimum absolute atomic E-state index is 0.164. The molecule has 0 saturated carbocycles. The lowest BCUT2D eigenvalue weighted by atomic mass is 10.1. The summed E-state index contributed by atoms with van der Waals surface area (Å²) in [4.78, 5) is 27.9. The molecule has 1 heterocycles. The fourth-order valence-corrected chi connectivity index (χ4v) is 3.73. The molecule has 0 fully saturated rings. The van der Waals surface area contributed by atoms with Crippen LogP contribution in [0.15, 0.2) is 72.8 Å². The molecule has 7 nitrogen and oxygen atoms in total. The van der Waals surface area contributed by atoms with Crippen molar-refractivity contribution in [2.45, 2.75) is 19.9 Å². The molecule has 7 heteroatoms. The molecule has 0 radical (unpaired) electrons. The van der Waals surface area contributed by atoms with Crippen LogP contribution in [0.5, 0.6) is 11.5 Å². The van der Waals surface area contributed by atoms with Gasteiger partial charge in [-0.3, -0.25) is 14.5 Å². The number of nitrogens with zero attached hydrogens (tertiary/aromatic N) is 1. The van der Waals surface area contributed by atoms with E-state index in [0.29, 0.717) is 35.0 Å². The Labute approximate surface area is 193 Å². The van der Waals surface area contributed by atoms with Crippen molar-refractivity contribution >= 4 is 23.2 Å². The van der Waals surface area contributed by atoms with E-state index in [-0.39, 0.29) is 25.2 Å². The normalized spacial score (nSPS) is 11.9. The SMILES string of the molecule is CCCN(CC(=O)Nc1ccccc1C(=O)Nc1ccc2c(c1)OCO2)Cc1ccccc1. The summed E-state index contributed by atoms with van der Waals surface area (Å²) in [6.45, 7) is 3.98. The summed E-state index contributed by atoms with van der Waals surface area (Å²) in [6, 6.07) is 22.3. The molecule has 0 spiro atoms. The molecule has 0 unspecified atom stereocenters. The van der Waals surface area contributed by atoms with E-state index in [4.69, 9.17) is 9.47 Å². The number of benzene rings is 3. The molecule has 1 aliphatic heterocycles. The lowest BCUT2D eigenvalue weighted by molar-refractivity contribution is -0.117. The fourth-order valence-electron chi connectivity index (χ4n) is 3.73. The van der Waals surface area contributed by atoms with E-state index in [9.17, 15) is 9.59 Å². The van der Waals surface area contributed by atoms with E-state index in [0.717, 1.165) is 18.5 Å². The van der Waals surface area contributed by atoms with Gasteiger partial charge >= 0.3 is 0 Å². The van der Waals surface area contributed by atoms with Gasteiger partial charge in [0.05, 0.1) is 17.8 Å². The van der Waals surface area contributed by atoms with Gasteiger partial charge in [0.25, 0.3) is 5.91 Å². The van der Waals surface area contributed by atoms with Gasteiger partial charge in [0.2, 0.25) is 12.7 Å². The molecule has 3 aromatic carbocycles. The molecule has 0 aliphatic carbocycles. The van der Waals surface area contributed by atoms with Gasteiger partial charge in [0, 0.05) is 18.3 Å². The molecule has 0 aromatic heterocycles. The molecule has 2 amide bonds. The van der Waals surface area contributed by atoms with Crippen LogP contribution in [0.25, 0.3) is 0 Å². The predicted molar refractivity (Wildman–Crippen MR) is 128 cm³/mol. The van der Waals surface area contributed by atoms with Crippen LogP contribution in [-0.4, -0.2) is 36.6 Å². The topological polar surface area (TPSA) is 79.9 Å². The number of amides is 2. The smallest absolute Gasteiger partial charge is 0.257 e. The highest BCUT2D eigenvalue weighted by atomic mass is 16.7. The van der Waals surface area contributed by atoms with Gasteiger partial charge in [-0.05, 0) is 42.8 Å². The molecular formula is C26H27N3O4. The van der Waals surface area contributed by atoms with Gasteiger partial charge in [-0.1, -0.05) is 49.4 Å². The maximum Gasteiger partial charge on any atom is 0.257 e. The van der Waals surface area contributed by atoms with Crippen molar-refractivity contribution < 1.29 is 19.1 Å². The Morgan fingerprint density at radius 2 is 1.67 bits per heavy atom. The summed E-state index contributed by atoms with van der Waals surface area (Å²) in [5.41, 5.74) is 2.59. The molecule has 0 bridgehead atoms. The van der Waals surface area contributed by atoms with Gasteiger partial charge in [-0.25, -0.2) is 0 Å². The first kappa shape index (κ1) is 22.4. The Morgan fingerprint density at radius 3 is 2.48 bits per heavy atom. The summed E-state index contributed by atoms with van der Waals surface area (Å²) < 4.78 is 10.7. The molecule has 3 aromatic rings. The molecule has 2 N–H and O–H groups in total. The molecule has 0 atom stereocenters. The first-order valence-electron chi connectivity index (χ1n) is 11.0. The number of nitrogens with one attached hydrogen (secondary N) is 2. The zero-order valence-electron chi connectivity index (χ0n) is 18.5. The van der Waals surface area contributed by atoms with Gasteiger partial charge in [0.15, 0.2) is 11.5 Å². The Kier molecular flexibility index (Phi) is 7.22. The lowest BCUT2D eigenvalue weighted by Crippen LogP contribution is -2.33. The minimum Gasteiger partial charge on any atom is -0.454 e. The van der Waals surface area contributed by atoms with Crippen molar-refractivity contribution in [1.29, 1.82) is 0 Å². The third kappa shape index (κ3) is 5.90. The van der Waals surface area contributed by atoms with E-state index in [1.54, 1.807) is 42.5 Å². The van der Waals surface area contributed by atoms with Crippen LogP contribution in [0.4, 0.5) is 11.4 Å². The largest absolute Gasteiger partial charge is 0.454 e. The highest BCUT2D eigenvalue weighted by Crippen LogP contribution is 2.34. The molecular weight excluding hydrogens is 418 g/mol. The predicted octanol–water partition coefficient (Wildman–Crippen LogP) is 4.52. The number of ether oxygens (including phenoxy) is 2. The van der Waals surface area contributed by atoms with Crippen LogP contribution in [-0.2, 0) is 11.3 Å². The average Bonchev–Trinajstić information content (AvgIpc) is 3.28. The van der Waals surface area contributed by atoms with Crippen LogP contribution in [0.1, 0.15) is 29.3 Å². The van der Waals surface area contributed by atoms with Crippen LogP contribution in [0.2, 0.25) is 0 Å². The zero-order valence-corrected chi connectivity index (χ0v) is 18.5. The number of carbonyl (C=O) groups excluding carboxylic acids is 2. The first-order chi connectivity index (χ1) is 16.1. The quantitative estimate of drug-likeness (QED) is 0.506. The van der Waals surface area contributed by atoms with E-state index >= 15 is 0 Å². The van der Waals surface area contributed by atoms with Crippen LogP contribution in [0.3, 0.4) is 0 Å². The second-order valence-electron chi connectivity index (χ2n) is 7.81. The van der Waals surface area contributed by atoms with Crippen molar-refractivity contribution in [3.8, 4) is 11.5 Å². The standard InChI is InChI=1S/C26H27N3O4/c1-2-14-29(16-19-8-4-3-5-9-19)17-25(30)28-22-11-7-6-10-21(22)26(31)27-20-12-13-23-24(15-20)33-18-32-23/h3-13,15H,2,14,16-18H2,1H3,(H,27,31)(H,28,30). The fraction of sp³-hybridized carbons (Fsp3) is 0.231. The third-order valence-corrected chi connectivity index (χ3v) is 5.23. The zero-order chi connectivity index (χ0) is 23.0. The van der Waals surface area contributed by atoms with E-state index in [1.807, 2.05) is 18.2 Å². The summed E-state index contributed by atoms with van der Waals surface area (Å²) in [5, 5.41) is 5.77. The Bertz CT molecular complexity index is 1120. The summed E-state index contributed by atoms with van der Waals surface area (Å²) in [5.74, 6) is 0.749. The number of rotatable bonds is 9. The summed E-state index contributed by atoms with van der Waals surface area (Å²) >= 11 is 0. The van der Waals surface area contributed by atoms with Crippen LogP contribution >= 0.6 is 0 Å². The first-order valence-corrected chi connectivity index (χ1v) is 11.0. The summed E-state index contributed by atoms with van der Waals surface area (Å²) in [6.07, 6.45) is 0.939. The second-order valence-corrected chi connectivity index (χ2v) is 7.81. The molecule has 1 aliphatic rings. The summed E-state index contributed by atoms with van der Waals surface area (Å²) in [7, 11) is 0. The highest BCUT2D eigenvalue weighted by molar-refractivity contribution is 6.10. The van der Waals surface area contributed by atoms with Gasteiger partial charge < -0.3 is 20.1 Å². The maximum atomic E-state index is 12.9. The Morgan fingerprint density at radius 1 is 0.909 bits per heavy atom. The molecule has 0 saturated heterocycles. The number of fused-ring (bicyclic) bond motifs is 1. The molecule has 170 valence electrons. The number of anilines is 2. The monoisotopic (exact) mass is 445 g/mol. The third-order valence-electron chi connectivity index (χ3n) is 5.23. The minimum atomic E-state index is -0.320. The van der Waals surface area contributed by atoms with Crippen LogP contribution in [0, 0.1) is 0 Å². The van der Waals surface area contributed by atoms with Gasteiger partial charge in [-0.2, -0.15) is 0 Å².